The highest BCUT2D eigenvalue weighted by atomic mass is 15.2. The van der Waals surface area contributed by atoms with E-state index in [9.17, 15) is 0 Å². The van der Waals surface area contributed by atoms with Crippen molar-refractivity contribution < 1.29 is 0 Å². The summed E-state index contributed by atoms with van der Waals surface area (Å²) < 4.78 is 0. The third kappa shape index (κ3) is 2.24. The molecule has 0 radical (unpaired) electrons. The molecule has 0 bridgehead atoms. The molecule has 0 spiro atoms. The van der Waals surface area contributed by atoms with E-state index < -0.39 is 0 Å². The van der Waals surface area contributed by atoms with Crippen molar-refractivity contribution in [3.8, 4) is 0 Å². The van der Waals surface area contributed by atoms with Gasteiger partial charge >= 0.3 is 0 Å². The summed E-state index contributed by atoms with van der Waals surface area (Å²) in [5.41, 5.74) is 3.10. The van der Waals surface area contributed by atoms with Crippen LogP contribution in [0.2, 0.25) is 0 Å². The van der Waals surface area contributed by atoms with E-state index in [0.717, 1.165) is 12.6 Å². The molecule has 1 fully saturated rings. The van der Waals surface area contributed by atoms with Gasteiger partial charge in [-0.3, -0.25) is 4.90 Å². The van der Waals surface area contributed by atoms with Crippen LogP contribution in [0.1, 0.15) is 30.9 Å². The quantitative estimate of drug-likeness (QED) is 0.838. The van der Waals surface area contributed by atoms with E-state index in [0.29, 0.717) is 6.04 Å². The number of hydrogen-bond donors (Lipinski definition) is 1. The molecule has 1 aromatic rings. The third-order valence-electron chi connectivity index (χ3n) is 4.20. The van der Waals surface area contributed by atoms with E-state index in [2.05, 4.69) is 41.4 Å². The first-order chi connectivity index (χ1) is 8.36. The van der Waals surface area contributed by atoms with Gasteiger partial charge in [-0.25, -0.2) is 0 Å². The van der Waals surface area contributed by atoms with Crippen LogP contribution < -0.4 is 5.32 Å². The first-order valence-electron chi connectivity index (χ1n) is 6.91. The zero-order valence-corrected chi connectivity index (χ0v) is 10.7. The number of benzene rings is 1. The standard InChI is InChI=1S/C15H22N2/c1-2-5-14-11-17-10-13-7-4-3-6-12(13)8-15(17)9-16-14/h3-4,6-7,14-16H,2,5,8-11H2,1H3/t14-,15+/m0/s1. The summed E-state index contributed by atoms with van der Waals surface area (Å²) in [4.78, 5) is 2.68. The zero-order valence-electron chi connectivity index (χ0n) is 10.7. The SMILES string of the molecule is CCC[C@H]1CN2Cc3ccccc3C[C@@H]2CN1. The van der Waals surface area contributed by atoms with Crippen LogP contribution in [0.25, 0.3) is 0 Å². The molecule has 1 N–H and O–H groups in total. The molecule has 2 heteroatoms. The summed E-state index contributed by atoms with van der Waals surface area (Å²) in [5, 5.41) is 3.71. The summed E-state index contributed by atoms with van der Waals surface area (Å²) in [6.45, 7) is 5.83. The Morgan fingerprint density at radius 1 is 1.29 bits per heavy atom. The summed E-state index contributed by atoms with van der Waals surface area (Å²) in [6.07, 6.45) is 3.82. The van der Waals surface area contributed by atoms with E-state index in [1.165, 1.54) is 32.4 Å². The van der Waals surface area contributed by atoms with Crippen LogP contribution in [-0.2, 0) is 13.0 Å². The lowest BCUT2D eigenvalue weighted by Gasteiger charge is -2.43. The average Bonchev–Trinajstić information content (AvgIpc) is 2.36. The van der Waals surface area contributed by atoms with Crippen LogP contribution in [0.4, 0.5) is 0 Å². The van der Waals surface area contributed by atoms with Crippen molar-refractivity contribution in [2.45, 2.75) is 44.8 Å². The fraction of sp³-hybridized carbons (Fsp3) is 0.600. The van der Waals surface area contributed by atoms with Gasteiger partial charge in [-0.15, -0.1) is 0 Å². The van der Waals surface area contributed by atoms with Gasteiger partial charge in [0.15, 0.2) is 0 Å². The van der Waals surface area contributed by atoms with E-state index in [1.807, 2.05) is 0 Å². The van der Waals surface area contributed by atoms with Crippen LogP contribution in [0.15, 0.2) is 24.3 Å². The average molecular weight is 230 g/mol. The number of nitrogens with one attached hydrogen (secondary N) is 1. The van der Waals surface area contributed by atoms with Crippen molar-refractivity contribution >= 4 is 0 Å². The monoisotopic (exact) mass is 230 g/mol. The van der Waals surface area contributed by atoms with Gasteiger partial charge in [-0.05, 0) is 24.0 Å². The molecule has 0 saturated carbocycles. The first kappa shape index (κ1) is 11.2. The van der Waals surface area contributed by atoms with E-state index in [4.69, 9.17) is 0 Å². The summed E-state index contributed by atoms with van der Waals surface area (Å²) in [7, 11) is 0. The van der Waals surface area contributed by atoms with Gasteiger partial charge in [0.25, 0.3) is 0 Å². The highest BCUT2D eigenvalue weighted by Gasteiger charge is 2.31. The zero-order chi connectivity index (χ0) is 11.7. The van der Waals surface area contributed by atoms with Crippen molar-refractivity contribution in [3.05, 3.63) is 35.4 Å². The van der Waals surface area contributed by atoms with E-state index in [-0.39, 0.29) is 0 Å². The Morgan fingerprint density at radius 2 is 2.12 bits per heavy atom. The summed E-state index contributed by atoms with van der Waals surface area (Å²) in [6, 6.07) is 10.4. The van der Waals surface area contributed by atoms with Gasteiger partial charge in [0.05, 0.1) is 0 Å². The topological polar surface area (TPSA) is 15.3 Å². The van der Waals surface area contributed by atoms with Gasteiger partial charge in [0.1, 0.15) is 0 Å². The van der Waals surface area contributed by atoms with Gasteiger partial charge < -0.3 is 5.32 Å². The molecule has 3 rings (SSSR count). The van der Waals surface area contributed by atoms with E-state index in [1.54, 1.807) is 11.1 Å². The molecule has 0 aromatic heterocycles. The minimum atomic E-state index is 0.710. The highest BCUT2D eigenvalue weighted by molar-refractivity contribution is 5.30. The van der Waals surface area contributed by atoms with Crippen molar-refractivity contribution in [1.29, 1.82) is 0 Å². The highest BCUT2D eigenvalue weighted by Crippen LogP contribution is 2.25. The molecular formula is C15H22N2. The Kier molecular flexibility index (Phi) is 3.17. The first-order valence-corrected chi connectivity index (χ1v) is 6.91. The predicted molar refractivity (Wildman–Crippen MR) is 71.0 cm³/mol. The van der Waals surface area contributed by atoms with Crippen LogP contribution in [0.5, 0.6) is 0 Å². The number of piperazine rings is 1. The van der Waals surface area contributed by atoms with Gasteiger partial charge in [0, 0.05) is 31.7 Å². The maximum Gasteiger partial charge on any atom is 0.0265 e. The molecule has 1 aromatic carbocycles. The minimum absolute atomic E-state index is 0.710. The number of rotatable bonds is 2. The predicted octanol–water partition coefficient (Wildman–Crippen LogP) is 2.19. The second kappa shape index (κ2) is 4.79. The summed E-state index contributed by atoms with van der Waals surface area (Å²) in [5.74, 6) is 0. The van der Waals surface area contributed by atoms with Gasteiger partial charge in [0.2, 0.25) is 0 Å². The fourth-order valence-electron chi connectivity index (χ4n) is 3.25. The molecule has 0 aliphatic carbocycles. The molecular weight excluding hydrogens is 208 g/mol. The Labute approximate surface area is 104 Å². The largest absolute Gasteiger partial charge is 0.311 e. The maximum absolute atomic E-state index is 3.71. The lowest BCUT2D eigenvalue weighted by Crippen LogP contribution is -2.58. The lowest BCUT2D eigenvalue weighted by atomic mass is 9.91. The smallest absolute Gasteiger partial charge is 0.0265 e. The second-order valence-electron chi connectivity index (χ2n) is 5.45. The molecule has 0 unspecified atom stereocenters. The molecule has 1 saturated heterocycles. The summed E-state index contributed by atoms with van der Waals surface area (Å²) >= 11 is 0. The number of hydrogen-bond acceptors (Lipinski definition) is 2. The van der Waals surface area contributed by atoms with Gasteiger partial charge in [-0.1, -0.05) is 37.6 Å². The Morgan fingerprint density at radius 3 is 2.94 bits per heavy atom. The number of nitrogens with zero attached hydrogens (tertiary/aromatic N) is 1. The fourth-order valence-corrected chi connectivity index (χ4v) is 3.25. The molecule has 2 atom stereocenters. The van der Waals surface area contributed by atoms with Crippen LogP contribution >= 0.6 is 0 Å². The van der Waals surface area contributed by atoms with Crippen molar-refractivity contribution in [3.63, 3.8) is 0 Å². The molecule has 2 heterocycles. The Bertz CT molecular complexity index is 388. The Hall–Kier alpha value is -0.860. The van der Waals surface area contributed by atoms with E-state index >= 15 is 0 Å². The van der Waals surface area contributed by atoms with Crippen LogP contribution in [-0.4, -0.2) is 30.1 Å². The normalized spacial score (nSPS) is 28.5. The van der Waals surface area contributed by atoms with Crippen molar-refractivity contribution in [2.75, 3.05) is 13.1 Å². The second-order valence-corrected chi connectivity index (χ2v) is 5.45. The maximum atomic E-state index is 3.71. The number of fused-ring (bicyclic) bond motifs is 2. The molecule has 92 valence electrons. The molecule has 2 aliphatic heterocycles. The third-order valence-corrected chi connectivity index (χ3v) is 4.20. The molecule has 2 aliphatic rings. The van der Waals surface area contributed by atoms with Crippen molar-refractivity contribution in [1.82, 2.24) is 10.2 Å². The molecule has 17 heavy (non-hydrogen) atoms. The van der Waals surface area contributed by atoms with Crippen LogP contribution in [0.3, 0.4) is 0 Å². The minimum Gasteiger partial charge on any atom is -0.311 e. The molecule has 2 nitrogen and oxygen atoms in total. The van der Waals surface area contributed by atoms with Gasteiger partial charge in [-0.2, -0.15) is 0 Å². The lowest BCUT2D eigenvalue weighted by molar-refractivity contribution is 0.108. The molecule has 0 amide bonds. The van der Waals surface area contributed by atoms with Crippen molar-refractivity contribution in [2.24, 2.45) is 0 Å². The van der Waals surface area contributed by atoms with Crippen LogP contribution in [0, 0.1) is 0 Å². The Balaban J connectivity index is 1.74.